The second-order valence-corrected chi connectivity index (χ2v) is 6.61. The van der Waals surface area contributed by atoms with Crippen molar-refractivity contribution in [2.45, 2.75) is 24.8 Å². The molecule has 2 unspecified atom stereocenters. The standard InChI is InChI=1S/C17H17BrClN/c1-20-17(12-6-7-15(18)16(19)9-12)10-13-8-11-4-2-3-5-14(11)13/h2-7,9,13,17,20H,8,10H2,1H3. The molecule has 0 aliphatic heterocycles. The van der Waals surface area contributed by atoms with Crippen molar-refractivity contribution in [3.63, 3.8) is 0 Å². The summed E-state index contributed by atoms with van der Waals surface area (Å²) in [6.07, 6.45) is 2.31. The predicted octanol–water partition coefficient (Wildman–Crippen LogP) is 5.09. The minimum Gasteiger partial charge on any atom is -0.313 e. The van der Waals surface area contributed by atoms with E-state index in [4.69, 9.17) is 11.6 Å². The number of benzene rings is 2. The van der Waals surface area contributed by atoms with Gasteiger partial charge >= 0.3 is 0 Å². The Balaban J connectivity index is 1.77. The van der Waals surface area contributed by atoms with Crippen LogP contribution in [-0.4, -0.2) is 7.05 Å². The first kappa shape index (κ1) is 14.1. The molecule has 1 aliphatic rings. The zero-order valence-corrected chi connectivity index (χ0v) is 13.7. The van der Waals surface area contributed by atoms with E-state index >= 15 is 0 Å². The summed E-state index contributed by atoms with van der Waals surface area (Å²) in [5.41, 5.74) is 4.27. The minimum absolute atomic E-state index is 0.346. The average Bonchev–Trinajstić information content (AvgIpc) is 2.44. The third-order valence-electron chi connectivity index (χ3n) is 4.18. The molecule has 1 aliphatic carbocycles. The first-order chi connectivity index (χ1) is 9.69. The van der Waals surface area contributed by atoms with Crippen LogP contribution in [-0.2, 0) is 6.42 Å². The van der Waals surface area contributed by atoms with E-state index in [0.717, 1.165) is 15.9 Å². The smallest absolute Gasteiger partial charge is 0.0551 e. The maximum atomic E-state index is 6.21. The molecule has 1 N–H and O–H groups in total. The summed E-state index contributed by atoms with van der Waals surface area (Å²) >= 11 is 9.65. The Labute approximate surface area is 133 Å². The van der Waals surface area contributed by atoms with Crippen molar-refractivity contribution in [3.05, 3.63) is 68.7 Å². The number of fused-ring (bicyclic) bond motifs is 1. The first-order valence-corrected chi connectivity index (χ1v) is 8.06. The number of hydrogen-bond donors (Lipinski definition) is 1. The third kappa shape index (κ3) is 2.65. The largest absolute Gasteiger partial charge is 0.313 e. The highest BCUT2D eigenvalue weighted by molar-refractivity contribution is 9.10. The lowest BCUT2D eigenvalue weighted by molar-refractivity contribution is 0.452. The zero-order valence-electron chi connectivity index (χ0n) is 11.4. The SMILES string of the molecule is CNC(CC1Cc2ccccc21)c1ccc(Br)c(Cl)c1. The summed E-state index contributed by atoms with van der Waals surface area (Å²) in [6, 6.07) is 15.3. The van der Waals surface area contributed by atoms with Gasteiger partial charge in [0.05, 0.1) is 5.02 Å². The van der Waals surface area contributed by atoms with Crippen LogP contribution in [0.4, 0.5) is 0 Å². The molecule has 0 fully saturated rings. The summed E-state index contributed by atoms with van der Waals surface area (Å²) in [5, 5.41) is 4.20. The number of nitrogens with one attached hydrogen (secondary N) is 1. The van der Waals surface area contributed by atoms with E-state index in [-0.39, 0.29) is 0 Å². The molecule has 0 heterocycles. The van der Waals surface area contributed by atoms with Gasteiger partial charge in [-0.25, -0.2) is 0 Å². The van der Waals surface area contributed by atoms with Gasteiger partial charge in [0.2, 0.25) is 0 Å². The van der Waals surface area contributed by atoms with Crippen molar-refractivity contribution in [2.75, 3.05) is 7.05 Å². The predicted molar refractivity (Wildman–Crippen MR) is 88.5 cm³/mol. The Kier molecular flexibility index (Phi) is 4.16. The molecule has 0 amide bonds. The molecule has 0 spiro atoms. The summed E-state index contributed by atoms with van der Waals surface area (Å²) < 4.78 is 0.951. The molecule has 3 rings (SSSR count). The molecule has 0 saturated heterocycles. The van der Waals surface area contributed by atoms with E-state index in [1.807, 2.05) is 13.1 Å². The van der Waals surface area contributed by atoms with Gasteiger partial charge in [-0.1, -0.05) is 41.9 Å². The second-order valence-electron chi connectivity index (χ2n) is 5.35. The van der Waals surface area contributed by atoms with Crippen LogP contribution in [0.25, 0.3) is 0 Å². The van der Waals surface area contributed by atoms with Gasteiger partial charge in [-0.15, -0.1) is 0 Å². The van der Waals surface area contributed by atoms with E-state index in [1.165, 1.54) is 23.1 Å². The zero-order chi connectivity index (χ0) is 14.1. The van der Waals surface area contributed by atoms with Gasteiger partial charge in [0.25, 0.3) is 0 Å². The van der Waals surface area contributed by atoms with E-state index < -0.39 is 0 Å². The van der Waals surface area contributed by atoms with Crippen molar-refractivity contribution in [3.8, 4) is 0 Å². The Morgan fingerprint density at radius 2 is 2.10 bits per heavy atom. The first-order valence-electron chi connectivity index (χ1n) is 6.89. The highest BCUT2D eigenvalue weighted by Crippen LogP contribution is 2.41. The molecule has 1 nitrogen and oxygen atoms in total. The summed E-state index contributed by atoms with van der Waals surface area (Å²) in [7, 11) is 2.02. The molecule has 0 saturated carbocycles. The van der Waals surface area contributed by atoms with Gasteiger partial charge in [-0.3, -0.25) is 0 Å². The van der Waals surface area contributed by atoms with E-state index in [9.17, 15) is 0 Å². The fourth-order valence-electron chi connectivity index (χ4n) is 3.01. The van der Waals surface area contributed by atoms with Crippen LogP contribution in [0.3, 0.4) is 0 Å². The van der Waals surface area contributed by atoms with Crippen LogP contribution in [0.1, 0.15) is 35.1 Å². The lowest BCUT2D eigenvalue weighted by atomic mass is 9.74. The lowest BCUT2D eigenvalue weighted by Crippen LogP contribution is -2.25. The van der Waals surface area contributed by atoms with Crippen LogP contribution in [0.5, 0.6) is 0 Å². The molecule has 0 bridgehead atoms. The molecule has 104 valence electrons. The average molecular weight is 351 g/mol. The number of halogens is 2. The van der Waals surface area contributed by atoms with Crippen molar-refractivity contribution >= 4 is 27.5 Å². The molecule has 0 radical (unpaired) electrons. The fourth-order valence-corrected chi connectivity index (χ4v) is 3.44. The molecule has 3 heteroatoms. The molecule has 2 aromatic carbocycles. The van der Waals surface area contributed by atoms with Crippen LogP contribution < -0.4 is 5.32 Å². The van der Waals surface area contributed by atoms with Gasteiger partial charge in [0, 0.05) is 10.5 Å². The topological polar surface area (TPSA) is 12.0 Å². The molecule has 2 atom stereocenters. The lowest BCUT2D eigenvalue weighted by Gasteiger charge is -2.33. The van der Waals surface area contributed by atoms with Gasteiger partial charge in [-0.05, 0) is 70.6 Å². The second kappa shape index (κ2) is 5.88. The fraction of sp³-hybridized carbons (Fsp3) is 0.294. The number of hydrogen-bond acceptors (Lipinski definition) is 1. The minimum atomic E-state index is 0.346. The Bertz CT molecular complexity index is 626. The Morgan fingerprint density at radius 1 is 1.30 bits per heavy atom. The molecule has 20 heavy (non-hydrogen) atoms. The maximum absolute atomic E-state index is 6.21. The monoisotopic (exact) mass is 349 g/mol. The summed E-state index contributed by atoms with van der Waals surface area (Å²) in [6.45, 7) is 0. The van der Waals surface area contributed by atoms with Crippen molar-refractivity contribution in [2.24, 2.45) is 0 Å². The molecule has 0 aromatic heterocycles. The van der Waals surface area contributed by atoms with Gasteiger partial charge in [0.15, 0.2) is 0 Å². The maximum Gasteiger partial charge on any atom is 0.0551 e. The normalized spacial score (nSPS) is 18.2. The number of rotatable bonds is 4. The highest BCUT2D eigenvalue weighted by atomic mass is 79.9. The van der Waals surface area contributed by atoms with Crippen LogP contribution in [0.2, 0.25) is 5.02 Å². The highest BCUT2D eigenvalue weighted by Gasteiger charge is 2.28. The van der Waals surface area contributed by atoms with Crippen LogP contribution in [0, 0.1) is 0 Å². The third-order valence-corrected chi connectivity index (χ3v) is 5.41. The quantitative estimate of drug-likeness (QED) is 0.809. The van der Waals surface area contributed by atoms with Gasteiger partial charge in [-0.2, -0.15) is 0 Å². The Hall–Kier alpha value is -0.830. The molecular formula is C17H17BrClN. The van der Waals surface area contributed by atoms with Crippen LogP contribution in [0.15, 0.2) is 46.9 Å². The summed E-state index contributed by atoms with van der Waals surface area (Å²) in [4.78, 5) is 0. The summed E-state index contributed by atoms with van der Waals surface area (Å²) in [5.74, 6) is 0.658. The molecule has 2 aromatic rings. The van der Waals surface area contributed by atoms with Gasteiger partial charge < -0.3 is 5.32 Å². The van der Waals surface area contributed by atoms with Crippen molar-refractivity contribution in [1.82, 2.24) is 5.32 Å². The van der Waals surface area contributed by atoms with E-state index in [1.54, 1.807) is 0 Å². The van der Waals surface area contributed by atoms with E-state index in [0.29, 0.717) is 12.0 Å². The Morgan fingerprint density at radius 3 is 2.80 bits per heavy atom. The molecular weight excluding hydrogens is 334 g/mol. The van der Waals surface area contributed by atoms with Crippen molar-refractivity contribution in [1.29, 1.82) is 0 Å². The van der Waals surface area contributed by atoms with Crippen LogP contribution >= 0.6 is 27.5 Å². The van der Waals surface area contributed by atoms with E-state index in [2.05, 4.69) is 57.6 Å². The van der Waals surface area contributed by atoms with Gasteiger partial charge in [0.1, 0.15) is 0 Å². The van der Waals surface area contributed by atoms with Crippen molar-refractivity contribution < 1.29 is 0 Å².